The molecular weight excluding hydrogens is 252 g/mol. The van der Waals surface area contributed by atoms with Crippen molar-refractivity contribution in [3.63, 3.8) is 0 Å². The molecule has 0 fully saturated rings. The van der Waals surface area contributed by atoms with Crippen LogP contribution in [0.4, 0.5) is 0 Å². The molecule has 0 rings (SSSR count). The Morgan fingerprint density at radius 1 is 0.842 bits per heavy atom. The topological polar surface area (TPSA) is 110 Å². The summed E-state index contributed by atoms with van der Waals surface area (Å²) < 4.78 is 5.20. The zero-order valence-electron chi connectivity index (χ0n) is 11.6. The SMILES string of the molecule is CCCCCCCOC[C@@H](O)[C@H](O)[C@H](O)[C@@H](O)CO. The fraction of sp³-hybridized carbons (Fsp3) is 1.00. The third-order valence-electron chi connectivity index (χ3n) is 3.01. The van der Waals surface area contributed by atoms with E-state index in [4.69, 9.17) is 14.9 Å². The fourth-order valence-electron chi connectivity index (χ4n) is 1.67. The first kappa shape index (κ1) is 18.8. The van der Waals surface area contributed by atoms with Crippen LogP contribution in [0.5, 0.6) is 0 Å². The second-order valence-electron chi connectivity index (χ2n) is 4.79. The highest BCUT2D eigenvalue weighted by atomic mass is 16.5. The number of rotatable bonds is 12. The van der Waals surface area contributed by atoms with Crippen molar-refractivity contribution in [2.75, 3.05) is 19.8 Å². The Balaban J connectivity index is 3.64. The van der Waals surface area contributed by atoms with Crippen LogP contribution >= 0.6 is 0 Å². The Bertz CT molecular complexity index is 202. The largest absolute Gasteiger partial charge is 0.394 e. The standard InChI is InChI=1S/C13H28O6/c1-2-3-4-5-6-7-19-9-11(16)13(18)12(17)10(15)8-14/h10-18H,2-9H2,1H3/t10-,11+,12+,13-/m0/s1. The van der Waals surface area contributed by atoms with Gasteiger partial charge in [-0.3, -0.25) is 0 Å². The van der Waals surface area contributed by atoms with Gasteiger partial charge in [0.2, 0.25) is 0 Å². The van der Waals surface area contributed by atoms with Crippen molar-refractivity contribution in [3.05, 3.63) is 0 Å². The lowest BCUT2D eigenvalue weighted by molar-refractivity contribution is -0.129. The van der Waals surface area contributed by atoms with Crippen molar-refractivity contribution in [3.8, 4) is 0 Å². The Hall–Kier alpha value is -0.240. The molecule has 0 aromatic rings. The summed E-state index contributed by atoms with van der Waals surface area (Å²) in [7, 11) is 0. The molecule has 5 N–H and O–H groups in total. The number of hydrogen-bond acceptors (Lipinski definition) is 6. The molecule has 0 saturated carbocycles. The van der Waals surface area contributed by atoms with Gasteiger partial charge in [0.1, 0.15) is 24.4 Å². The van der Waals surface area contributed by atoms with E-state index in [9.17, 15) is 15.3 Å². The molecule has 0 aromatic carbocycles. The summed E-state index contributed by atoms with van der Waals surface area (Å²) in [6.45, 7) is 1.85. The molecule has 0 aromatic heterocycles. The van der Waals surface area contributed by atoms with Crippen LogP contribution < -0.4 is 0 Å². The third kappa shape index (κ3) is 8.52. The molecule has 0 saturated heterocycles. The number of aliphatic hydroxyl groups is 5. The first-order chi connectivity index (χ1) is 9.04. The van der Waals surface area contributed by atoms with Crippen LogP contribution in [0, 0.1) is 0 Å². The number of aliphatic hydroxyl groups excluding tert-OH is 5. The highest BCUT2D eigenvalue weighted by molar-refractivity contribution is 4.80. The van der Waals surface area contributed by atoms with E-state index in [1.807, 2.05) is 0 Å². The van der Waals surface area contributed by atoms with Gasteiger partial charge in [0, 0.05) is 6.61 Å². The van der Waals surface area contributed by atoms with E-state index in [2.05, 4.69) is 6.92 Å². The van der Waals surface area contributed by atoms with Crippen molar-refractivity contribution in [2.45, 2.75) is 63.4 Å². The zero-order chi connectivity index (χ0) is 14.7. The van der Waals surface area contributed by atoms with Crippen LogP contribution in [0.2, 0.25) is 0 Å². The number of unbranched alkanes of at least 4 members (excludes halogenated alkanes) is 4. The summed E-state index contributed by atoms with van der Waals surface area (Å²) in [4.78, 5) is 0. The molecule has 6 heteroatoms. The van der Waals surface area contributed by atoms with Gasteiger partial charge in [-0.2, -0.15) is 0 Å². The fourth-order valence-corrected chi connectivity index (χ4v) is 1.67. The predicted octanol–water partition coefficient (Wildman–Crippen LogP) is -0.591. The normalized spacial score (nSPS) is 18.0. The minimum absolute atomic E-state index is 0.107. The second kappa shape index (κ2) is 11.6. The number of hydrogen-bond donors (Lipinski definition) is 5. The molecule has 0 aliphatic heterocycles. The summed E-state index contributed by atoms with van der Waals surface area (Å²) in [5, 5.41) is 46.2. The summed E-state index contributed by atoms with van der Waals surface area (Å²) in [6.07, 6.45) is -0.389. The second-order valence-corrected chi connectivity index (χ2v) is 4.79. The Kier molecular flexibility index (Phi) is 11.4. The van der Waals surface area contributed by atoms with Crippen molar-refractivity contribution < 1.29 is 30.3 Å². The molecule has 0 amide bonds. The molecule has 0 bridgehead atoms. The number of ether oxygens (including phenoxy) is 1. The smallest absolute Gasteiger partial charge is 0.111 e. The van der Waals surface area contributed by atoms with Gasteiger partial charge in [-0.05, 0) is 6.42 Å². The van der Waals surface area contributed by atoms with E-state index < -0.39 is 31.0 Å². The maximum atomic E-state index is 9.55. The molecule has 0 radical (unpaired) electrons. The minimum atomic E-state index is -1.59. The molecule has 0 spiro atoms. The quantitative estimate of drug-likeness (QED) is 0.306. The van der Waals surface area contributed by atoms with Crippen molar-refractivity contribution >= 4 is 0 Å². The molecule has 6 nitrogen and oxygen atoms in total. The lowest BCUT2D eigenvalue weighted by Gasteiger charge is -2.25. The van der Waals surface area contributed by atoms with Crippen LogP contribution in [-0.2, 0) is 4.74 Å². The molecule has 0 unspecified atom stereocenters. The molecule has 0 aliphatic rings. The third-order valence-corrected chi connectivity index (χ3v) is 3.01. The first-order valence-corrected chi connectivity index (χ1v) is 6.95. The highest BCUT2D eigenvalue weighted by Crippen LogP contribution is 2.07. The van der Waals surface area contributed by atoms with Crippen LogP contribution in [0.15, 0.2) is 0 Å². The van der Waals surface area contributed by atoms with E-state index in [1.54, 1.807) is 0 Å². The Morgan fingerprint density at radius 3 is 2.00 bits per heavy atom. The Labute approximate surface area is 114 Å². The van der Waals surface area contributed by atoms with Gasteiger partial charge in [-0.25, -0.2) is 0 Å². The van der Waals surface area contributed by atoms with Crippen LogP contribution in [0.3, 0.4) is 0 Å². The molecule has 116 valence electrons. The first-order valence-electron chi connectivity index (χ1n) is 6.95. The summed E-state index contributed by atoms with van der Waals surface area (Å²) in [5.74, 6) is 0. The van der Waals surface area contributed by atoms with Crippen LogP contribution in [0.1, 0.15) is 39.0 Å². The van der Waals surface area contributed by atoms with E-state index in [0.717, 1.165) is 19.3 Å². The maximum Gasteiger partial charge on any atom is 0.111 e. The molecular formula is C13H28O6. The molecule has 0 heterocycles. The minimum Gasteiger partial charge on any atom is -0.394 e. The van der Waals surface area contributed by atoms with Crippen LogP contribution in [-0.4, -0.2) is 69.8 Å². The lowest BCUT2D eigenvalue weighted by Crippen LogP contribution is -2.47. The van der Waals surface area contributed by atoms with Gasteiger partial charge >= 0.3 is 0 Å². The predicted molar refractivity (Wildman–Crippen MR) is 70.7 cm³/mol. The van der Waals surface area contributed by atoms with Gasteiger partial charge in [-0.1, -0.05) is 32.6 Å². The van der Waals surface area contributed by atoms with E-state index in [-0.39, 0.29) is 6.61 Å². The summed E-state index contributed by atoms with van der Waals surface area (Å²) in [6, 6.07) is 0. The van der Waals surface area contributed by atoms with Gasteiger partial charge in [0.05, 0.1) is 13.2 Å². The zero-order valence-corrected chi connectivity index (χ0v) is 11.6. The Morgan fingerprint density at radius 2 is 1.42 bits per heavy atom. The van der Waals surface area contributed by atoms with Gasteiger partial charge < -0.3 is 30.3 Å². The van der Waals surface area contributed by atoms with Gasteiger partial charge in [0.15, 0.2) is 0 Å². The van der Waals surface area contributed by atoms with Gasteiger partial charge in [-0.15, -0.1) is 0 Å². The van der Waals surface area contributed by atoms with Crippen molar-refractivity contribution in [1.29, 1.82) is 0 Å². The van der Waals surface area contributed by atoms with E-state index in [0.29, 0.717) is 6.61 Å². The monoisotopic (exact) mass is 280 g/mol. The molecule has 19 heavy (non-hydrogen) atoms. The lowest BCUT2D eigenvalue weighted by atomic mass is 10.0. The average Bonchev–Trinajstić information content (AvgIpc) is 2.43. The van der Waals surface area contributed by atoms with E-state index >= 15 is 0 Å². The molecule has 4 atom stereocenters. The van der Waals surface area contributed by atoms with Gasteiger partial charge in [0.25, 0.3) is 0 Å². The summed E-state index contributed by atoms with van der Waals surface area (Å²) in [5.41, 5.74) is 0. The van der Waals surface area contributed by atoms with Crippen LogP contribution in [0.25, 0.3) is 0 Å². The average molecular weight is 280 g/mol. The molecule has 0 aliphatic carbocycles. The van der Waals surface area contributed by atoms with Crippen molar-refractivity contribution in [2.24, 2.45) is 0 Å². The highest BCUT2D eigenvalue weighted by Gasteiger charge is 2.29. The van der Waals surface area contributed by atoms with E-state index in [1.165, 1.54) is 12.8 Å². The van der Waals surface area contributed by atoms with Crippen molar-refractivity contribution in [1.82, 2.24) is 0 Å². The maximum absolute atomic E-state index is 9.55. The summed E-state index contributed by atoms with van der Waals surface area (Å²) >= 11 is 0.